The third-order valence-corrected chi connectivity index (χ3v) is 3.08. The zero-order chi connectivity index (χ0) is 12.3. The van der Waals surface area contributed by atoms with Crippen LogP contribution in [-0.2, 0) is 4.74 Å². The van der Waals surface area contributed by atoms with E-state index in [9.17, 15) is 4.79 Å². The molecule has 2 N–H and O–H groups in total. The molecule has 2 unspecified atom stereocenters. The molecule has 0 spiro atoms. The quantitative estimate of drug-likeness (QED) is 0.786. The average Bonchev–Trinajstić information content (AvgIpc) is 2.61. The highest BCUT2D eigenvalue weighted by atomic mass is 16.6. The Hall–Kier alpha value is -0.770. The van der Waals surface area contributed by atoms with Gasteiger partial charge in [0.15, 0.2) is 0 Å². The van der Waals surface area contributed by atoms with Gasteiger partial charge in [-0.25, -0.2) is 4.79 Å². The highest BCUT2D eigenvalue weighted by molar-refractivity contribution is 5.68. The van der Waals surface area contributed by atoms with Gasteiger partial charge in [0.05, 0.1) is 0 Å². The zero-order valence-corrected chi connectivity index (χ0v) is 10.8. The predicted octanol–water partition coefficient (Wildman–Crippen LogP) is 1.98. The van der Waals surface area contributed by atoms with Gasteiger partial charge >= 0.3 is 6.09 Å². The Bertz CT molecular complexity index is 248. The van der Waals surface area contributed by atoms with Crippen LogP contribution in [0.4, 0.5) is 4.79 Å². The van der Waals surface area contributed by atoms with E-state index in [1.165, 1.54) is 0 Å². The molecule has 94 valence electrons. The number of ether oxygens (including phenoxy) is 1. The molecular formula is C12H24N2O2. The number of carbonyl (C=O) groups is 1. The molecule has 1 saturated carbocycles. The largest absolute Gasteiger partial charge is 0.444 e. The van der Waals surface area contributed by atoms with Crippen molar-refractivity contribution in [2.45, 2.75) is 51.7 Å². The van der Waals surface area contributed by atoms with Gasteiger partial charge in [-0.05, 0) is 52.5 Å². The number of nitrogens with zero attached hydrogens (tertiary/aromatic N) is 1. The Morgan fingerprint density at radius 3 is 2.50 bits per heavy atom. The van der Waals surface area contributed by atoms with Crippen molar-refractivity contribution in [2.24, 2.45) is 11.7 Å². The lowest BCUT2D eigenvalue weighted by Crippen LogP contribution is -2.39. The second-order valence-electron chi connectivity index (χ2n) is 5.66. The van der Waals surface area contributed by atoms with Crippen molar-refractivity contribution < 1.29 is 9.53 Å². The van der Waals surface area contributed by atoms with Crippen molar-refractivity contribution >= 4 is 6.09 Å². The third kappa shape index (κ3) is 3.67. The van der Waals surface area contributed by atoms with Crippen LogP contribution < -0.4 is 5.73 Å². The summed E-state index contributed by atoms with van der Waals surface area (Å²) in [4.78, 5) is 13.5. The van der Waals surface area contributed by atoms with Crippen LogP contribution in [-0.4, -0.2) is 36.2 Å². The molecule has 4 heteroatoms. The van der Waals surface area contributed by atoms with Gasteiger partial charge in [0.2, 0.25) is 0 Å². The summed E-state index contributed by atoms with van der Waals surface area (Å²) in [6.07, 6.45) is 2.94. The summed E-state index contributed by atoms with van der Waals surface area (Å²) < 4.78 is 5.34. The summed E-state index contributed by atoms with van der Waals surface area (Å²) in [5, 5.41) is 0. The third-order valence-electron chi connectivity index (χ3n) is 3.08. The van der Waals surface area contributed by atoms with Crippen LogP contribution >= 0.6 is 0 Å². The second-order valence-corrected chi connectivity index (χ2v) is 5.66. The SMILES string of the molecule is CN(C(=O)OC(C)(C)C)C1CCC(CN)C1. The molecule has 1 rings (SSSR count). The summed E-state index contributed by atoms with van der Waals surface area (Å²) in [7, 11) is 1.82. The van der Waals surface area contributed by atoms with Crippen LogP contribution in [0.1, 0.15) is 40.0 Å². The van der Waals surface area contributed by atoms with Gasteiger partial charge in [0, 0.05) is 13.1 Å². The predicted molar refractivity (Wildman–Crippen MR) is 64.2 cm³/mol. The van der Waals surface area contributed by atoms with Crippen molar-refractivity contribution in [3.05, 3.63) is 0 Å². The molecular weight excluding hydrogens is 204 g/mol. The fraction of sp³-hybridized carbons (Fsp3) is 0.917. The van der Waals surface area contributed by atoms with Gasteiger partial charge in [-0.15, -0.1) is 0 Å². The zero-order valence-electron chi connectivity index (χ0n) is 10.8. The first-order valence-electron chi connectivity index (χ1n) is 5.99. The monoisotopic (exact) mass is 228 g/mol. The molecule has 0 aromatic heterocycles. The topological polar surface area (TPSA) is 55.6 Å². The van der Waals surface area contributed by atoms with Gasteiger partial charge in [0.1, 0.15) is 5.60 Å². The van der Waals surface area contributed by atoms with E-state index in [1.807, 2.05) is 27.8 Å². The maximum atomic E-state index is 11.8. The maximum Gasteiger partial charge on any atom is 0.410 e. The lowest BCUT2D eigenvalue weighted by Gasteiger charge is -2.28. The van der Waals surface area contributed by atoms with Gasteiger partial charge in [-0.3, -0.25) is 0 Å². The van der Waals surface area contributed by atoms with E-state index >= 15 is 0 Å². The van der Waals surface area contributed by atoms with E-state index in [1.54, 1.807) is 4.90 Å². The van der Waals surface area contributed by atoms with Crippen molar-refractivity contribution in [1.82, 2.24) is 4.90 Å². The molecule has 0 heterocycles. The van der Waals surface area contributed by atoms with E-state index in [0.29, 0.717) is 12.0 Å². The van der Waals surface area contributed by atoms with Gasteiger partial charge in [-0.1, -0.05) is 0 Å². The van der Waals surface area contributed by atoms with E-state index in [4.69, 9.17) is 10.5 Å². The molecule has 0 aromatic rings. The summed E-state index contributed by atoms with van der Waals surface area (Å²) in [6, 6.07) is 0.295. The fourth-order valence-corrected chi connectivity index (χ4v) is 2.10. The molecule has 2 atom stereocenters. The Morgan fingerprint density at radius 2 is 2.06 bits per heavy atom. The van der Waals surface area contributed by atoms with Crippen LogP contribution in [0.25, 0.3) is 0 Å². The summed E-state index contributed by atoms with van der Waals surface area (Å²) >= 11 is 0. The smallest absolute Gasteiger partial charge is 0.410 e. The molecule has 0 bridgehead atoms. The summed E-state index contributed by atoms with van der Waals surface area (Å²) in [6.45, 7) is 6.38. The lowest BCUT2D eigenvalue weighted by atomic mass is 10.1. The standard InChI is InChI=1S/C12H24N2O2/c1-12(2,3)16-11(15)14(4)10-6-5-9(7-10)8-13/h9-10H,5-8,13H2,1-4H3. The van der Waals surface area contributed by atoms with Gasteiger partial charge in [-0.2, -0.15) is 0 Å². The van der Waals surface area contributed by atoms with Crippen molar-refractivity contribution in [3.63, 3.8) is 0 Å². The average molecular weight is 228 g/mol. The normalized spacial score (nSPS) is 25.6. The Labute approximate surface area is 98.1 Å². The van der Waals surface area contributed by atoms with E-state index in [2.05, 4.69) is 0 Å². The van der Waals surface area contributed by atoms with Crippen molar-refractivity contribution in [3.8, 4) is 0 Å². The van der Waals surface area contributed by atoms with E-state index in [-0.39, 0.29) is 6.09 Å². The number of rotatable bonds is 2. The first kappa shape index (κ1) is 13.3. The highest BCUT2D eigenvalue weighted by Gasteiger charge is 2.31. The van der Waals surface area contributed by atoms with Crippen LogP contribution in [0.3, 0.4) is 0 Å². The summed E-state index contributed by atoms with van der Waals surface area (Å²) in [5.41, 5.74) is 5.22. The molecule has 0 radical (unpaired) electrons. The Kier molecular flexibility index (Phi) is 4.19. The van der Waals surface area contributed by atoms with E-state index < -0.39 is 5.60 Å². The van der Waals surface area contributed by atoms with E-state index in [0.717, 1.165) is 25.8 Å². The molecule has 0 saturated heterocycles. The molecule has 0 aliphatic heterocycles. The lowest BCUT2D eigenvalue weighted by molar-refractivity contribution is 0.0224. The van der Waals surface area contributed by atoms with Crippen LogP contribution in [0.2, 0.25) is 0 Å². The van der Waals surface area contributed by atoms with Crippen LogP contribution in [0.15, 0.2) is 0 Å². The molecule has 0 aromatic carbocycles. The van der Waals surface area contributed by atoms with Crippen molar-refractivity contribution in [2.75, 3.05) is 13.6 Å². The van der Waals surface area contributed by atoms with Gasteiger partial charge < -0.3 is 15.4 Å². The molecule has 4 nitrogen and oxygen atoms in total. The number of carbonyl (C=O) groups excluding carboxylic acids is 1. The second kappa shape index (κ2) is 5.04. The minimum Gasteiger partial charge on any atom is -0.444 e. The number of nitrogens with two attached hydrogens (primary N) is 1. The minimum atomic E-state index is -0.419. The van der Waals surface area contributed by atoms with Gasteiger partial charge in [0.25, 0.3) is 0 Å². The minimum absolute atomic E-state index is 0.227. The number of amides is 1. The maximum absolute atomic E-state index is 11.8. The first-order chi connectivity index (χ1) is 7.33. The molecule has 1 amide bonds. The molecule has 1 aliphatic rings. The first-order valence-corrected chi connectivity index (χ1v) is 5.99. The van der Waals surface area contributed by atoms with Crippen LogP contribution in [0.5, 0.6) is 0 Å². The van der Waals surface area contributed by atoms with Crippen molar-refractivity contribution in [1.29, 1.82) is 0 Å². The number of hydrogen-bond donors (Lipinski definition) is 1. The number of hydrogen-bond acceptors (Lipinski definition) is 3. The molecule has 1 aliphatic carbocycles. The Balaban J connectivity index is 2.46. The Morgan fingerprint density at radius 1 is 1.44 bits per heavy atom. The molecule has 16 heavy (non-hydrogen) atoms. The van der Waals surface area contributed by atoms with Crippen LogP contribution in [0, 0.1) is 5.92 Å². The fourth-order valence-electron chi connectivity index (χ4n) is 2.10. The molecule has 1 fully saturated rings. The summed E-state index contributed by atoms with van der Waals surface area (Å²) in [5.74, 6) is 0.565. The highest BCUT2D eigenvalue weighted by Crippen LogP contribution is 2.28.